The second-order valence-electron chi connectivity index (χ2n) is 9.05. The monoisotopic (exact) mass is 581 g/mol. The summed E-state index contributed by atoms with van der Waals surface area (Å²) in [5.41, 5.74) is 1.79. The number of nitrogens with one attached hydrogen (secondary N) is 2. The Labute approximate surface area is 241 Å². The lowest BCUT2D eigenvalue weighted by atomic mass is 10.0. The number of thioether (sulfide) groups is 1. The molecule has 0 aliphatic carbocycles. The maximum atomic E-state index is 13.2. The minimum Gasteiger partial charge on any atom is -0.484 e. The summed E-state index contributed by atoms with van der Waals surface area (Å²) in [7, 11) is 0. The molecule has 2 N–H and O–H groups in total. The number of carbonyl (C=O) groups excluding carboxylic acids is 4. The van der Waals surface area contributed by atoms with Gasteiger partial charge in [0.05, 0.1) is 24.0 Å². The van der Waals surface area contributed by atoms with Gasteiger partial charge in [-0.2, -0.15) is 0 Å². The van der Waals surface area contributed by atoms with E-state index in [1.807, 2.05) is 24.3 Å². The summed E-state index contributed by atoms with van der Waals surface area (Å²) in [6.45, 7) is 6.02. The zero-order valence-corrected chi connectivity index (χ0v) is 24.2. The summed E-state index contributed by atoms with van der Waals surface area (Å²) in [5.74, 6) is -0.478. The third kappa shape index (κ3) is 7.42. The van der Waals surface area contributed by atoms with Crippen LogP contribution in [0.1, 0.15) is 41.6 Å². The third-order valence-corrected chi connectivity index (χ3v) is 8.36. The van der Waals surface area contributed by atoms with E-state index < -0.39 is 11.2 Å². The fourth-order valence-corrected chi connectivity index (χ4v) is 6.34. The van der Waals surface area contributed by atoms with Crippen LogP contribution in [0.2, 0.25) is 0 Å². The van der Waals surface area contributed by atoms with Crippen molar-refractivity contribution >= 4 is 57.5 Å². The molecule has 1 unspecified atom stereocenters. The summed E-state index contributed by atoms with van der Waals surface area (Å²) in [6.07, 6.45) is 0.522. The number of benzene rings is 2. The molecular weight excluding hydrogens is 550 g/mol. The number of carbonyl (C=O) groups is 4. The lowest BCUT2D eigenvalue weighted by molar-refractivity contribution is -0.129. The van der Waals surface area contributed by atoms with Gasteiger partial charge in [-0.1, -0.05) is 24.3 Å². The molecular formula is C29H31N3O6S2. The van der Waals surface area contributed by atoms with Gasteiger partial charge in [-0.3, -0.25) is 14.4 Å². The first kappa shape index (κ1) is 29.2. The normalized spacial score (nSPS) is 13.1. The van der Waals surface area contributed by atoms with Gasteiger partial charge >= 0.3 is 5.97 Å². The van der Waals surface area contributed by atoms with E-state index in [1.165, 1.54) is 30.0 Å². The van der Waals surface area contributed by atoms with Gasteiger partial charge in [0.2, 0.25) is 11.8 Å². The Morgan fingerprint density at radius 2 is 1.85 bits per heavy atom. The Kier molecular flexibility index (Phi) is 9.84. The maximum Gasteiger partial charge on any atom is 0.341 e. The van der Waals surface area contributed by atoms with Crippen LogP contribution in [0.25, 0.3) is 0 Å². The summed E-state index contributed by atoms with van der Waals surface area (Å²) in [5, 5.41) is 5.66. The second-order valence-corrected chi connectivity index (χ2v) is 11.6. The van der Waals surface area contributed by atoms with Crippen molar-refractivity contribution < 1.29 is 28.7 Å². The molecule has 9 nitrogen and oxygen atoms in total. The molecule has 11 heteroatoms. The molecule has 1 atom stereocenters. The predicted octanol–water partition coefficient (Wildman–Crippen LogP) is 4.97. The summed E-state index contributed by atoms with van der Waals surface area (Å²) in [4.78, 5) is 53.6. The number of anilines is 2. The van der Waals surface area contributed by atoms with Crippen molar-refractivity contribution in [2.24, 2.45) is 0 Å². The number of rotatable bonds is 10. The van der Waals surface area contributed by atoms with Gasteiger partial charge in [-0.25, -0.2) is 4.79 Å². The van der Waals surface area contributed by atoms with Crippen LogP contribution in [0.5, 0.6) is 5.75 Å². The van der Waals surface area contributed by atoms with Gasteiger partial charge in [0.15, 0.2) is 6.61 Å². The molecule has 3 aromatic rings. The minimum absolute atomic E-state index is 0.0329. The maximum absolute atomic E-state index is 13.2. The largest absolute Gasteiger partial charge is 0.484 e. The van der Waals surface area contributed by atoms with E-state index in [-0.39, 0.29) is 30.9 Å². The van der Waals surface area contributed by atoms with Gasteiger partial charge in [-0.05, 0) is 56.2 Å². The highest BCUT2D eigenvalue weighted by atomic mass is 32.2. The standard InChI is InChI=1S/C29H31N3O6S2/c1-4-37-29(36)26-23-13-14-32(19(3)33)16-24(23)40-28(26)31-27(35)18(2)39-22-12-8-9-20(15-22)30-25(34)17-38-21-10-6-5-7-11-21/h5-12,15,18H,4,13-14,16-17H2,1-3H3,(H,30,34)(H,31,35). The van der Waals surface area contributed by atoms with Crippen LogP contribution in [0.15, 0.2) is 59.5 Å². The van der Waals surface area contributed by atoms with Crippen LogP contribution < -0.4 is 15.4 Å². The Bertz CT molecular complexity index is 1390. The lowest BCUT2D eigenvalue weighted by Crippen LogP contribution is -2.34. The average Bonchev–Trinajstić information content (AvgIpc) is 3.29. The van der Waals surface area contributed by atoms with Gasteiger partial charge in [-0.15, -0.1) is 23.1 Å². The Morgan fingerprint density at radius 3 is 2.58 bits per heavy atom. The number of nitrogens with zero attached hydrogens (tertiary/aromatic N) is 1. The molecule has 2 aromatic carbocycles. The van der Waals surface area contributed by atoms with E-state index in [0.29, 0.717) is 41.5 Å². The van der Waals surface area contributed by atoms with Crippen LogP contribution in [0.4, 0.5) is 10.7 Å². The first-order valence-electron chi connectivity index (χ1n) is 12.9. The summed E-state index contributed by atoms with van der Waals surface area (Å²) >= 11 is 2.63. The quantitative estimate of drug-likeness (QED) is 0.257. The lowest BCUT2D eigenvalue weighted by Gasteiger charge is -2.25. The van der Waals surface area contributed by atoms with Crippen molar-refractivity contribution in [3.05, 3.63) is 70.6 Å². The van der Waals surface area contributed by atoms with Crippen LogP contribution in [-0.4, -0.2) is 53.6 Å². The number of fused-ring (bicyclic) bond motifs is 1. The molecule has 2 heterocycles. The third-order valence-electron chi connectivity index (χ3n) is 6.13. The summed E-state index contributed by atoms with van der Waals surface area (Å²) < 4.78 is 10.8. The van der Waals surface area contributed by atoms with Crippen LogP contribution in [-0.2, 0) is 32.1 Å². The molecule has 1 aliphatic heterocycles. The topological polar surface area (TPSA) is 114 Å². The van der Waals surface area contributed by atoms with Crippen molar-refractivity contribution in [3.63, 3.8) is 0 Å². The number of esters is 1. The van der Waals surface area contributed by atoms with Crippen molar-refractivity contribution in [2.45, 2.75) is 43.9 Å². The van der Waals surface area contributed by atoms with E-state index in [4.69, 9.17) is 9.47 Å². The van der Waals surface area contributed by atoms with E-state index in [9.17, 15) is 19.2 Å². The molecule has 0 saturated carbocycles. The fraction of sp³-hybridized carbons (Fsp3) is 0.310. The first-order valence-corrected chi connectivity index (χ1v) is 14.6. The van der Waals surface area contributed by atoms with E-state index >= 15 is 0 Å². The Morgan fingerprint density at radius 1 is 1.07 bits per heavy atom. The molecule has 0 fully saturated rings. The first-order chi connectivity index (χ1) is 19.2. The molecule has 0 radical (unpaired) electrons. The van der Waals surface area contributed by atoms with Crippen molar-refractivity contribution in [3.8, 4) is 5.75 Å². The molecule has 210 valence electrons. The van der Waals surface area contributed by atoms with Crippen LogP contribution in [0, 0.1) is 0 Å². The zero-order valence-electron chi connectivity index (χ0n) is 22.5. The second kappa shape index (κ2) is 13.5. The predicted molar refractivity (Wildman–Crippen MR) is 156 cm³/mol. The minimum atomic E-state index is -0.504. The number of amides is 3. The van der Waals surface area contributed by atoms with Crippen molar-refractivity contribution in [1.82, 2.24) is 4.90 Å². The highest BCUT2D eigenvalue weighted by molar-refractivity contribution is 8.00. The summed E-state index contributed by atoms with van der Waals surface area (Å²) in [6, 6.07) is 16.3. The molecule has 3 amide bonds. The molecule has 4 rings (SSSR count). The number of hydrogen-bond acceptors (Lipinski definition) is 8. The number of hydrogen-bond donors (Lipinski definition) is 2. The molecule has 0 bridgehead atoms. The SMILES string of the molecule is CCOC(=O)c1c(NC(=O)C(C)Sc2cccc(NC(=O)COc3ccccc3)c2)sc2c1CCN(C(C)=O)C2. The highest BCUT2D eigenvalue weighted by Gasteiger charge is 2.31. The molecule has 1 aromatic heterocycles. The van der Waals surface area contributed by atoms with Crippen molar-refractivity contribution in [1.29, 1.82) is 0 Å². The van der Waals surface area contributed by atoms with E-state index in [1.54, 1.807) is 49.1 Å². The Balaban J connectivity index is 1.40. The van der Waals surface area contributed by atoms with Gasteiger partial charge < -0.3 is 25.0 Å². The number of ether oxygens (including phenoxy) is 2. The Hall–Kier alpha value is -3.83. The number of para-hydroxylation sites is 1. The average molecular weight is 582 g/mol. The fourth-order valence-electron chi connectivity index (χ4n) is 4.16. The molecule has 40 heavy (non-hydrogen) atoms. The smallest absolute Gasteiger partial charge is 0.341 e. The molecule has 1 aliphatic rings. The highest BCUT2D eigenvalue weighted by Crippen LogP contribution is 2.38. The zero-order chi connectivity index (χ0) is 28.6. The van der Waals surface area contributed by atoms with Gasteiger partial charge in [0.1, 0.15) is 10.8 Å². The van der Waals surface area contributed by atoms with Crippen LogP contribution in [0.3, 0.4) is 0 Å². The van der Waals surface area contributed by atoms with Gasteiger partial charge in [0, 0.05) is 28.9 Å². The van der Waals surface area contributed by atoms with Gasteiger partial charge in [0.25, 0.3) is 5.91 Å². The number of thiophene rings is 1. The molecule has 0 spiro atoms. The van der Waals surface area contributed by atoms with E-state index in [2.05, 4.69) is 10.6 Å². The van der Waals surface area contributed by atoms with Crippen molar-refractivity contribution in [2.75, 3.05) is 30.4 Å². The molecule has 0 saturated heterocycles. The van der Waals surface area contributed by atoms with Crippen LogP contribution >= 0.6 is 23.1 Å². The van der Waals surface area contributed by atoms with E-state index in [0.717, 1.165) is 15.3 Å².